The molecule has 2 heterocycles. The third-order valence-electron chi connectivity index (χ3n) is 3.71. The van der Waals surface area contributed by atoms with Crippen molar-refractivity contribution >= 4 is 22.5 Å². The Kier molecular flexibility index (Phi) is 3.17. The van der Waals surface area contributed by atoms with Gasteiger partial charge in [0.15, 0.2) is 0 Å². The van der Waals surface area contributed by atoms with Crippen molar-refractivity contribution in [2.45, 2.75) is 19.4 Å². The van der Waals surface area contributed by atoms with E-state index in [0.29, 0.717) is 5.92 Å². The fourth-order valence-electron chi connectivity index (χ4n) is 2.60. The highest BCUT2D eigenvalue weighted by atomic mass is 16.2. The minimum Gasteiger partial charge on any atom is -0.323 e. The summed E-state index contributed by atoms with van der Waals surface area (Å²) in [5.74, 6) is 0.408. The molecule has 2 atom stereocenters. The van der Waals surface area contributed by atoms with Gasteiger partial charge in [0.2, 0.25) is 5.91 Å². The number of para-hydroxylation sites is 1. The smallest absolute Gasteiger partial charge is 0.241 e. The third-order valence-corrected chi connectivity index (χ3v) is 3.71. The van der Waals surface area contributed by atoms with E-state index in [1.165, 1.54) is 0 Å². The Hall–Kier alpha value is -1.94. The first-order chi connectivity index (χ1) is 9.25. The lowest BCUT2D eigenvalue weighted by Crippen LogP contribution is -2.39. The number of nitrogens with zero attached hydrogens (tertiary/aromatic N) is 1. The lowest BCUT2D eigenvalue weighted by molar-refractivity contribution is -0.118. The number of rotatable bonds is 2. The van der Waals surface area contributed by atoms with Crippen LogP contribution in [-0.4, -0.2) is 23.5 Å². The van der Waals surface area contributed by atoms with E-state index < -0.39 is 0 Å². The van der Waals surface area contributed by atoms with Crippen LogP contribution in [0.25, 0.3) is 10.9 Å². The summed E-state index contributed by atoms with van der Waals surface area (Å²) in [5, 5.41) is 7.27. The molecule has 1 fully saturated rings. The van der Waals surface area contributed by atoms with E-state index >= 15 is 0 Å². The predicted octanol–water partition coefficient (Wildman–Crippen LogP) is 2.17. The predicted molar refractivity (Wildman–Crippen MR) is 75.9 cm³/mol. The Balaban J connectivity index is 1.87. The molecule has 2 N–H and O–H groups in total. The summed E-state index contributed by atoms with van der Waals surface area (Å²) in [6, 6.07) is 9.62. The zero-order chi connectivity index (χ0) is 13.2. The Bertz CT molecular complexity index is 606. The summed E-state index contributed by atoms with van der Waals surface area (Å²) in [6.45, 7) is 3.01. The molecule has 19 heavy (non-hydrogen) atoms. The SMILES string of the molecule is CC1CCNC1C(=O)Nc1cccc2cccnc12. The number of nitrogens with one attached hydrogen (secondary N) is 2. The van der Waals surface area contributed by atoms with Crippen LogP contribution >= 0.6 is 0 Å². The minimum absolute atomic E-state index is 0.0307. The quantitative estimate of drug-likeness (QED) is 0.864. The monoisotopic (exact) mass is 255 g/mol. The van der Waals surface area contributed by atoms with E-state index in [0.717, 1.165) is 29.6 Å². The number of fused-ring (bicyclic) bond motifs is 1. The van der Waals surface area contributed by atoms with Crippen LogP contribution in [0.1, 0.15) is 13.3 Å². The fourth-order valence-corrected chi connectivity index (χ4v) is 2.60. The van der Waals surface area contributed by atoms with Gasteiger partial charge in [0.05, 0.1) is 17.2 Å². The van der Waals surface area contributed by atoms with Gasteiger partial charge in [0, 0.05) is 11.6 Å². The van der Waals surface area contributed by atoms with Crippen molar-refractivity contribution in [2.75, 3.05) is 11.9 Å². The van der Waals surface area contributed by atoms with Crippen molar-refractivity contribution in [3.8, 4) is 0 Å². The fraction of sp³-hybridized carbons (Fsp3) is 0.333. The van der Waals surface area contributed by atoms with Gasteiger partial charge in [0.25, 0.3) is 0 Å². The zero-order valence-corrected chi connectivity index (χ0v) is 10.9. The molecule has 1 aliphatic heterocycles. The summed E-state index contributed by atoms with van der Waals surface area (Å²) in [7, 11) is 0. The average molecular weight is 255 g/mol. The summed E-state index contributed by atoms with van der Waals surface area (Å²) in [6.07, 6.45) is 2.79. The number of amides is 1. The molecule has 1 amide bonds. The standard InChI is InChI=1S/C15H17N3O/c1-10-7-9-17-13(10)15(19)18-12-6-2-4-11-5-3-8-16-14(11)12/h2-6,8,10,13,17H,7,9H2,1H3,(H,18,19). The molecule has 1 aromatic heterocycles. The topological polar surface area (TPSA) is 54.0 Å². The van der Waals surface area contributed by atoms with Gasteiger partial charge < -0.3 is 10.6 Å². The Labute approximate surface area is 112 Å². The maximum atomic E-state index is 12.3. The summed E-state index contributed by atoms with van der Waals surface area (Å²) in [4.78, 5) is 16.6. The molecular weight excluding hydrogens is 238 g/mol. The number of anilines is 1. The highest BCUT2D eigenvalue weighted by Gasteiger charge is 2.29. The number of benzene rings is 1. The third kappa shape index (κ3) is 2.31. The first kappa shape index (κ1) is 12.1. The molecule has 4 nitrogen and oxygen atoms in total. The highest BCUT2D eigenvalue weighted by Crippen LogP contribution is 2.22. The normalized spacial score (nSPS) is 22.6. The van der Waals surface area contributed by atoms with Gasteiger partial charge in [-0.2, -0.15) is 0 Å². The van der Waals surface area contributed by atoms with E-state index in [1.807, 2.05) is 30.3 Å². The average Bonchev–Trinajstić information content (AvgIpc) is 2.85. The molecule has 1 aromatic carbocycles. The highest BCUT2D eigenvalue weighted by molar-refractivity contribution is 6.02. The van der Waals surface area contributed by atoms with Crippen LogP contribution in [0.4, 0.5) is 5.69 Å². The molecule has 2 unspecified atom stereocenters. The molecule has 1 saturated heterocycles. The largest absolute Gasteiger partial charge is 0.323 e. The first-order valence-electron chi connectivity index (χ1n) is 6.64. The molecule has 0 radical (unpaired) electrons. The lowest BCUT2D eigenvalue weighted by Gasteiger charge is -2.16. The number of hydrogen-bond acceptors (Lipinski definition) is 3. The van der Waals surface area contributed by atoms with Crippen LogP contribution in [0.5, 0.6) is 0 Å². The number of hydrogen-bond donors (Lipinski definition) is 2. The van der Waals surface area contributed by atoms with Crippen LogP contribution in [0.2, 0.25) is 0 Å². The van der Waals surface area contributed by atoms with Gasteiger partial charge in [-0.25, -0.2) is 0 Å². The Morgan fingerprint density at radius 3 is 3.00 bits per heavy atom. The van der Waals surface area contributed by atoms with Crippen LogP contribution in [0.15, 0.2) is 36.5 Å². The van der Waals surface area contributed by atoms with Crippen molar-refractivity contribution in [3.63, 3.8) is 0 Å². The second-order valence-corrected chi connectivity index (χ2v) is 5.07. The molecule has 0 bridgehead atoms. The van der Waals surface area contributed by atoms with Crippen LogP contribution in [-0.2, 0) is 4.79 Å². The zero-order valence-electron chi connectivity index (χ0n) is 10.9. The Morgan fingerprint density at radius 1 is 1.37 bits per heavy atom. The summed E-state index contributed by atoms with van der Waals surface area (Å²) in [5.41, 5.74) is 1.62. The summed E-state index contributed by atoms with van der Waals surface area (Å²) >= 11 is 0. The van der Waals surface area contributed by atoms with Crippen molar-refractivity contribution in [2.24, 2.45) is 5.92 Å². The van der Waals surface area contributed by atoms with Crippen molar-refractivity contribution in [3.05, 3.63) is 36.5 Å². The molecule has 1 aliphatic rings. The molecule has 98 valence electrons. The number of pyridine rings is 1. The minimum atomic E-state index is -0.0982. The maximum Gasteiger partial charge on any atom is 0.241 e. The van der Waals surface area contributed by atoms with Gasteiger partial charge in [-0.3, -0.25) is 9.78 Å². The molecule has 0 aliphatic carbocycles. The van der Waals surface area contributed by atoms with Gasteiger partial charge >= 0.3 is 0 Å². The number of carbonyl (C=O) groups excluding carboxylic acids is 1. The molecule has 2 aromatic rings. The van der Waals surface area contributed by atoms with Gasteiger partial charge in [-0.05, 0) is 31.0 Å². The van der Waals surface area contributed by atoms with E-state index in [2.05, 4.69) is 22.5 Å². The van der Waals surface area contributed by atoms with E-state index in [-0.39, 0.29) is 11.9 Å². The van der Waals surface area contributed by atoms with Gasteiger partial charge in [-0.1, -0.05) is 25.1 Å². The van der Waals surface area contributed by atoms with E-state index in [1.54, 1.807) is 6.20 Å². The molecule has 4 heteroatoms. The van der Waals surface area contributed by atoms with Crippen molar-refractivity contribution in [1.29, 1.82) is 0 Å². The van der Waals surface area contributed by atoms with Crippen molar-refractivity contribution < 1.29 is 4.79 Å². The van der Waals surface area contributed by atoms with E-state index in [4.69, 9.17) is 0 Å². The first-order valence-corrected chi connectivity index (χ1v) is 6.64. The molecule has 0 spiro atoms. The van der Waals surface area contributed by atoms with Crippen LogP contribution in [0.3, 0.4) is 0 Å². The van der Waals surface area contributed by atoms with Gasteiger partial charge in [-0.15, -0.1) is 0 Å². The van der Waals surface area contributed by atoms with Crippen molar-refractivity contribution in [1.82, 2.24) is 10.3 Å². The van der Waals surface area contributed by atoms with Crippen LogP contribution in [0, 0.1) is 5.92 Å². The summed E-state index contributed by atoms with van der Waals surface area (Å²) < 4.78 is 0. The second kappa shape index (κ2) is 4.97. The molecule has 0 saturated carbocycles. The second-order valence-electron chi connectivity index (χ2n) is 5.07. The Morgan fingerprint density at radius 2 is 2.21 bits per heavy atom. The van der Waals surface area contributed by atoms with Gasteiger partial charge in [0.1, 0.15) is 0 Å². The maximum absolute atomic E-state index is 12.3. The van der Waals surface area contributed by atoms with E-state index in [9.17, 15) is 4.79 Å². The molecular formula is C15H17N3O. The molecule has 3 rings (SSSR count). The van der Waals surface area contributed by atoms with Crippen LogP contribution < -0.4 is 10.6 Å². The number of carbonyl (C=O) groups is 1. The lowest BCUT2D eigenvalue weighted by atomic mass is 10.0. The number of aromatic nitrogens is 1.